The Balaban J connectivity index is 1.84. The van der Waals surface area contributed by atoms with Gasteiger partial charge < -0.3 is 10.2 Å². The zero-order chi connectivity index (χ0) is 15.1. The molecule has 5 heteroatoms. The van der Waals surface area contributed by atoms with Gasteiger partial charge in [0.2, 0.25) is 5.89 Å². The standard InChI is InChI=1S/C16H21N3OS/c1-3-12(2)14(17)15-18-19-16(20-15)21-11-7-10-13-8-5-4-6-9-13/h4-10,12,14H,3,11,17H2,1-2H3/b10-7+/t12-,14+/m1/s1. The van der Waals surface area contributed by atoms with E-state index in [2.05, 4.69) is 48.3 Å². The van der Waals surface area contributed by atoms with Crippen LogP contribution in [-0.4, -0.2) is 16.0 Å². The fraction of sp³-hybridized carbons (Fsp3) is 0.375. The van der Waals surface area contributed by atoms with Crippen LogP contribution in [0.4, 0.5) is 0 Å². The van der Waals surface area contributed by atoms with Gasteiger partial charge in [0.1, 0.15) is 0 Å². The first-order valence-electron chi connectivity index (χ1n) is 7.14. The molecule has 0 bridgehead atoms. The second kappa shape index (κ2) is 8.00. The van der Waals surface area contributed by atoms with Crippen molar-refractivity contribution in [2.75, 3.05) is 5.75 Å². The Morgan fingerprint density at radius 2 is 2.05 bits per heavy atom. The van der Waals surface area contributed by atoms with E-state index in [1.165, 1.54) is 17.3 Å². The van der Waals surface area contributed by atoms with Gasteiger partial charge in [0.15, 0.2) is 0 Å². The number of rotatable bonds is 7. The summed E-state index contributed by atoms with van der Waals surface area (Å²) in [5.41, 5.74) is 7.26. The number of nitrogens with two attached hydrogens (primary N) is 1. The first kappa shape index (κ1) is 15.8. The Bertz CT molecular complexity index is 568. The van der Waals surface area contributed by atoms with E-state index >= 15 is 0 Å². The molecule has 4 nitrogen and oxygen atoms in total. The molecule has 0 aliphatic carbocycles. The number of hydrogen-bond donors (Lipinski definition) is 1. The van der Waals surface area contributed by atoms with Crippen molar-refractivity contribution in [1.82, 2.24) is 10.2 Å². The Hall–Kier alpha value is -1.59. The highest BCUT2D eigenvalue weighted by atomic mass is 32.2. The van der Waals surface area contributed by atoms with Gasteiger partial charge in [0.05, 0.1) is 6.04 Å². The molecule has 0 amide bonds. The minimum absolute atomic E-state index is 0.184. The van der Waals surface area contributed by atoms with Crippen LogP contribution in [-0.2, 0) is 0 Å². The van der Waals surface area contributed by atoms with Crippen molar-refractivity contribution in [1.29, 1.82) is 0 Å². The Morgan fingerprint density at radius 3 is 2.76 bits per heavy atom. The molecule has 0 saturated heterocycles. The van der Waals surface area contributed by atoms with Crippen LogP contribution in [0.25, 0.3) is 6.08 Å². The zero-order valence-corrected chi connectivity index (χ0v) is 13.2. The van der Waals surface area contributed by atoms with Crippen molar-refractivity contribution >= 4 is 17.8 Å². The first-order chi connectivity index (χ1) is 10.2. The molecule has 0 radical (unpaired) electrons. The van der Waals surface area contributed by atoms with Gasteiger partial charge in [-0.2, -0.15) is 0 Å². The molecule has 112 valence electrons. The highest BCUT2D eigenvalue weighted by Crippen LogP contribution is 2.24. The SMILES string of the molecule is CC[C@@H](C)[C@H](N)c1nnc(SC/C=C/c2ccccc2)o1. The lowest BCUT2D eigenvalue weighted by Crippen LogP contribution is -2.18. The molecule has 0 unspecified atom stereocenters. The average Bonchev–Trinajstić information content (AvgIpc) is 3.00. The van der Waals surface area contributed by atoms with Crippen LogP contribution in [0.2, 0.25) is 0 Å². The van der Waals surface area contributed by atoms with Gasteiger partial charge in [0, 0.05) is 5.75 Å². The van der Waals surface area contributed by atoms with Gasteiger partial charge in [-0.05, 0) is 11.5 Å². The van der Waals surface area contributed by atoms with E-state index in [0.717, 1.165) is 12.2 Å². The maximum atomic E-state index is 6.07. The van der Waals surface area contributed by atoms with Crippen LogP contribution in [0.5, 0.6) is 0 Å². The summed E-state index contributed by atoms with van der Waals surface area (Å²) in [5.74, 6) is 1.65. The largest absolute Gasteiger partial charge is 0.414 e. The summed E-state index contributed by atoms with van der Waals surface area (Å²) < 4.78 is 5.60. The van der Waals surface area contributed by atoms with E-state index in [4.69, 9.17) is 10.2 Å². The predicted molar refractivity (Wildman–Crippen MR) is 86.9 cm³/mol. The predicted octanol–water partition coefficient (Wildman–Crippen LogP) is 3.92. The molecule has 1 aromatic carbocycles. The zero-order valence-electron chi connectivity index (χ0n) is 12.4. The molecule has 2 aromatic rings. The number of benzene rings is 1. The molecule has 0 spiro atoms. The highest BCUT2D eigenvalue weighted by molar-refractivity contribution is 7.99. The molecular weight excluding hydrogens is 282 g/mol. The van der Waals surface area contributed by atoms with E-state index in [9.17, 15) is 0 Å². The third kappa shape index (κ3) is 4.72. The van der Waals surface area contributed by atoms with Crippen LogP contribution in [0, 0.1) is 5.92 Å². The van der Waals surface area contributed by atoms with Gasteiger partial charge >= 0.3 is 0 Å². The molecule has 2 rings (SSSR count). The van der Waals surface area contributed by atoms with Crippen LogP contribution in [0.1, 0.15) is 37.8 Å². The second-order valence-corrected chi connectivity index (χ2v) is 5.91. The molecular formula is C16H21N3OS. The average molecular weight is 303 g/mol. The van der Waals surface area contributed by atoms with E-state index in [-0.39, 0.29) is 6.04 Å². The summed E-state index contributed by atoms with van der Waals surface area (Å²) in [7, 11) is 0. The summed E-state index contributed by atoms with van der Waals surface area (Å²) in [4.78, 5) is 0. The molecule has 0 saturated carbocycles. The fourth-order valence-corrected chi connectivity index (χ4v) is 2.36. The monoisotopic (exact) mass is 303 g/mol. The first-order valence-corrected chi connectivity index (χ1v) is 8.12. The molecule has 1 heterocycles. The smallest absolute Gasteiger partial charge is 0.276 e. The van der Waals surface area contributed by atoms with E-state index in [1.54, 1.807) is 0 Å². The van der Waals surface area contributed by atoms with E-state index < -0.39 is 0 Å². The summed E-state index contributed by atoms with van der Waals surface area (Å²) in [6.45, 7) is 4.19. The topological polar surface area (TPSA) is 64.9 Å². The Morgan fingerprint density at radius 1 is 1.29 bits per heavy atom. The van der Waals surface area contributed by atoms with Crippen molar-refractivity contribution < 1.29 is 4.42 Å². The van der Waals surface area contributed by atoms with Crippen molar-refractivity contribution in [2.45, 2.75) is 31.5 Å². The summed E-state index contributed by atoms with van der Waals surface area (Å²) in [6.07, 6.45) is 5.15. The number of nitrogens with zero attached hydrogens (tertiary/aromatic N) is 2. The van der Waals surface area contributed by atoms with Crippen LogP contribution in [0.3, 0.4) is 0 Å². The molecule has 2 atom stereocenters. The quantitative estimate of drug-likeness (QED) is 0.785. The van der Waals surface area contributed by atoms with Crippen molar-refractivity contribution in [2.24, 2.45) is 11.7 Å². The normalized spacial score (nSPS) is 14.4. The van der Waals surface area contributed by atoms with Crippen LogP contribution < -0.4 is 5.73 Å². The van der Waals surface area contributed by atoms with Gasteiger partial charge in [-0.25, -0.2) is 0 Å². The minimum Gasteiger partial charge on any atom is -0.414 e. The van der Waals surface area contributed by atoms with Crippen molar-refractivity contribution in [3.05, 3.63) is 47.9 Å². The lowest BCUT2D eigenvalue weighted by molar-refractivity contribution is 0.333. The van der Waals surface area contributed by atoms with Gasteiger partial charge in [0.25, 0.3) is 5.22 Å². The van der Waals surface area contributed by atoms with Crippen LogP contribution >= 0.6 is 11.8 Å². The number of thioether (sulfide) groups is 1. The van der Waals surface area contributed by atoms with Gasteiger partial charge in [-0.15, -0.1) is 10.2 Å². The molecule has 0 fully saturated rings. The molecule has 0 aliphatic heterocycles. The maximum absolute atomic E-state index is 6.07. The molecule has 1 aromatic heterocycles. The minimum atomic E-state index is -0.184. The molecule has 2 N–H and O–H groups in total. The Kier molecular flexibility index (Phi) is 6.02. The molecule has 21 heavy (non-hydrogen) atoms. The number of aromatic nitrogens is 2. The lowest BCUT2D eigenvalue weighted by Gasteiger charge is -2.13. The maximum Gasteiger partial charge on any atom is 0.276 e. The van der Waals surface area contributed by atoms with E-state index in [1.807, 2.05) is 18.2 Å². The van der Waals surface area contributed by atoms with Crippen molar-refractivity contribution in [3.8, 4) is 0 Å². The number of hydrogen-bond acceptors (Lipinski definition) is 5. The van der Waals surface area contributed by atoms with Gasteiger partial charge in [-0.1, -0.05) is 74.5 Å². The summed E-state index contributed by atoms with van der Waals surface area (Å²) in [5, 5.41) is 8.64. The molecule has 0 aliphatic rings. The van der Waals surface area contributed by atoms with Crippen LogP contribution in [0.15, 0.2) is 46.0 Å². The third-order valence-electron chi connectivity index (χ3n) is 3.38. The second-order valence-electron chi connectivity index (χ2n) is 4.94. The fourth-order valence-electron chi connectivity index (χ4n) is 1.78. The van der Waals surface area contributed by atoms with E-state index in [0.29, 0.717) is 17.0 Å². The van der Waals surface area contributed by atoms with Gasteiger partial charge in [-0.3, -0.25) is 0 Å². The lowest BCUT2D eigenvalue weighted by atomic mass is 10.0. The summed E-state index contributed by atoms with van der Waals surface area (Å²) >= 11 is 1.51. The Labute approximate surface area is 129 Å². The highest BCUT2D eigenvalue weighted by Gasteiger charge is 2.19. The van der Waals surface area contributed by atoms with Crippen molar-refractivity contribution in [3.63, 3.8) is 0 Å². The summed E-state index contributed by atoms with van der Waals surface area (Å²) in [6, 6.07) is 10.00. The third-order valence-corrected chi connectivity index (χ3v) is 4.15.